The number of aromatic nitrogens is 2. The maximum Gasteiger partial charge on any atom is 0.225 e. The second-order valence-electron chi connectivity index (χ2n) is 7.30. The van der Waals surface area contributed by atoms with E-state index in [4.69, 9.17) is 4.74 Å². The summed E-state index contributed by atoms with van der Waals surface area (Å²) in [5.41, 5.74) is 1.12. The predicted octanol–water partition coefficient (Wildman–Crippen LogP) is 2.27. The van der Waals surface area contributed by atoms with Crippen LogP contribution in [-0.4, -0.2) is 66.7 Å². The highest BCUT2D eigenvalue weighted by Gasteiger charge is 2.18. The zero-order chi connectivity index (χ0) is 20.3. The fourth-order valence-electron chi connectivity index (χ4n) is 3.38. The first kappa shape index (κ1) is 21.0. The molecule has 2 heterocycles. The van der Waals surface area contributed by atoms with Crippen LogP contribution in [0, 0.1) is 6.92 Å². The molecule has 1 aliphatic heterocycles. The molecule has 0 saturated carbocycles. The second-order valence-corrected chi connectivity index (χ2v) is 7.30. The standard InChI is InChI=1S/C22H31N5O2/c1-19-7-2-3-8-20(19)29-18-4-9-21(28)23-12-6-13-26-14-16-27(17-15-26)22-24-10-5-11-25-22/h2-3,5,7-8,10-11H,4,6,9,12-18H2,1H3,(H,23,28). The lowest BCUT2D eigenvalue weighted by Crippen LogP contribution is -2.47. The van der Waals surface area contributed by atoms with E-state index in [1.165, 1.54) is 0 Å². The number of nitrogens with one attached hydrogen (secondary N) is 1. The van der Waals surface area contributed by atoms with Crippen LogP contribution in [-0.2, 0) is 4.79 Å². The molecule has 1 aromatic carbocycles. The van der Waals surface area contributed by atoms with E-state index in [0.29, 0.717) is 13.0 Å². The van der Waals surface area contributed by atoms with Gasteiger partial charge in [-0.2, -0.15) is 0 Å². The monoisotopic (exact) mass is 397 g/mol. The molecule has 1 saturated heterocycles. The molecule has 7 heteroatoms. The highest BCUT2D eigenvalue weighted by atomic mass is 16.5. The van der Waals surface area contributed by atoms with E-state index >= 15 is 0 Å². The van der Waals surface area contributed by atoms with Crippen LogP contribution < -0.4 is 15.0 Å². The minimum absolute atomic E-state index is 0.101. The van der Waals surface area contributed by atoms with Crippen LogP contribution >= 0.6 is 0 Å². The highest BCUT2D eigenvalue weighted by molar-refractivity contribution is 5.75. The number of para-hydroxylation sites is 1. The van der Waals surface area contributed by atoms with Crippen LogP contribution in [0.2, 0.25) is 0 Å². The number of aryl methyl sites for hydroxylation is 1. The molecule has 29 heavy (non-hydrogen) atoms. The number of hydrogen-bond donors (Lipinski definition) is 1. The fraction of sp³-hybridized carbons (Fsp3) is 0.500. The summed E-state index contributed by atoms with van der Waals surface area (Å²) in [6.45, 7) is 8.20. The van der Waals surface area contributed by atoms with E-state index in [2.05, 4.69) is 25.1 Å². The van der Waals surface area contributed by atoms with Gasteiger partial charge in [-0.15, -0.1) is 0 Å². The van der Waals surface area contributed by atoms with Gasteiger partial charge in [0.2, 0.25) is 11.9 Å². The molecule has 1 N–H and O–H groups in total. The molecule has 1 aromatic heterocycles. The van der Waals surface area contributed by atoms with Crippen molar-refractivity contribution in [2.24, 2.45) is 0 Å². The Bertz CT molecular complexity index is 748. The number of rotatable bonds is 10. The first-order chi connectivity index (χ1) is 14.2. The van der Waals surface area contributed by atoms with E-state index in [1.54, 1.807) is 12.4 Å². The molecule has 0 spiro atoms. The summed E-state index contributed by atoms with van der Waals surface area (Å²) in [6.07, 6.45) is 5.76. The Labute approximate surface area is 173 Å². The first-order valence-corrected chi connectivity index (χ1v) is 10.4. The van der Waals surface area contributed by atoms with Crippen LogP contribution in [0.5, 0.6) is 5.75 Å². The lowest BCUT2D eigenvalue weighted by molar-refractivity contribution is -0.121. The maximum absolute atomic E-state index is 12.0. The van der Waals surface area contributed by atoms with E-state index in [-0.39, 0.29) is 5.91 Å². The Morgan fingerprint density at radius 2 is 1.83 bits per heavy atom. The minimum atomic E-state index is 0.101. The van der Waals surface area contributed by atoms with Gasteiger partial charge in [0, 0.05) is 51.5 Å². The molecular formula is C22H31N5O2. The SMILES string of the molecule is Cc1ccccc1OCCCC(=O)NCCCN1CCN(c2ncccn2)CC1. The van der Waals surface area contributed by atoms with Crippen LogP contribution in [0.3, 0.4) is 0 Å². The molecule has 1 fully saturated rings. The van der Waals surface area contributed by atoms with Crippen molar-refractivity contribution in [2.45, 2.75) is 26.2 Å². The van der Waals surface area contributed by atoms with Gasteiger partial charge in [-0.25, -0.2) is 9.97 Å². The molecule has 0 atom stereocenters. The summed E-state index contributed by atoms with van der Waals surface area (Å²) in [5, 5.41) is 3.02. The molecule has 3 rings (SSSR count). The molecule has 1 aliphatic rings. The van der Waals surface area contributed by atoms with Gasteiger partial charge in [-0.05, 0) is 44.0 Å². The summed E-state index contributed by atoms with van der Waals surface area (Å²) in [7, 11) is 0. The van der Waals surface area contributed by atoms with Crippen LogP contribution in [0.1, 0.15) is 24.8 Å². The lowest BCUT2D eigenvalue weighted by atomic mass is 10.2. The van der Waals surface area contributed by atoms with E-state index in [9.17, 15) is 4.79 Å². The predicted molar refractivity (Wildman–Crippen MR) is 114 cm³/mol. The van der Waals surface area contributed by atoms with Gasteiger partial charge in [0.25, 0.3) is 0 Å². The third-order valence-corrected chi connectivity index (χ3v) is 5.08. The topological polar surface area (TPSA) is 70.6 Å². The van der Waals surface area contributed by atoms with Gasteiger partial charge in [-0.1, -0.05) is 18.2 Å². The van der Waals surface area contributed by atoms with Crippen molar-refractivity contribution in [3.63, 3.8) is 0 Å². The van der Waals surface area contributed by atoms with Gasteiger partial charge in [-0.3, -0.25) is 9.69 Å². The van der Waals surface area contributed by atoms with Crippen LogP contribution in [0.4, 0.5) is 5.95 Å². The maximum atomic E-state index is 12.0. The van der Waals surface area contributed by atoms with Crippen LogP contribution in [0.25, 0.3) is 0 Å². The summed E-state index contributed by atoms with van der Waals surface area (Å²) in [4.78, 5) is 25.3. The average Bonchev–Trinajstić information content (AvgIpc) is 2.76. The number of amides is 1. The van der Waals surface area contributed by atoms with Crippen molar-refractivity contribution >= 4 is 11.9 Å². The lowest BCUT2D eigenvalue weighted by Gasteiger charge is -2.34. The third-order valence-electron chi connectivity index (χ3n) is 5.08. The van der Waals surface area contributed by atoms with Crippen molar-refractivity contribution in [3.05, 3.63) is 48.3 Å². The Balaban J connectivity index is 1.21. The summed E-state index contributed by atoms with van der Waals surface area (Å²) >= 11 is 0. The molecule has 0 radical (unpaired) electrons. The summed E-state index contributed by atoms with van der Waals surface area (Å²) < 4.78 is 5.73. The van der Waals surface area contributed by atoms with Gasteiger partial charge in [0.1, 0.15) is 5.75 Å². The quantitative estimate of drug-likeness (QED) is 0.620. The molecule has 0 unspecified atom stereocenters. The summed E-state index contributed by atoms with van der Waals surface area (Å²) in [5.74, 6) is 1.81. The Hall–Kier alpha value is -2.67. The smallest absolute Gasteiger partial charge is 0.225 e. The normalized spacial score (nSPS) is 14.6. The van der Waals surface area contributed by atoms with Crippen molar-refractivity contribution < 1.29 is 9.53 Å². The Kier molecular flexibility index (Phi) is 8.25. The molecule has 2 aromatic rings. The van der Waals surface area contributed by atoms with Crippen molar-refractivity contribution in [1.29, 1.82) is 0 Å². The molecule has 0 bridgehead atoms. The number of benzene rings is 1. The molecular weight excluding hydrogens is 366 g/mol. The van der Waals surface area contributed by atoms with E-state index in [1.807, 2.05) is 37.3 Å². The van der Waals surface area contributed by atoms with Crippen molar-refractivity contribution in [3.8, 4) is 5.75 Å². The van der Waals surface area contributed by atoms with Gasteiger partial charge in [0.15, 0.2) is 0 Å². The Morgan fingerprint density at radius 1 is 1.07 bits per heavy atom. The number of piperazine rings is 1. The Morgan fingerprint density at radius 3 is 2.59 bits per heavy atom. The third kappa shape index (κ3) is 7.02. The second kappa shape index (κ2) is 11.4. The zero-order valence-electron chi connectivity index (χ0n) is 17.2. The van der Waals surface area contributed by atoms with Gasteiger partial charge < -0.3 is 15.0 Å². The van der Waals surface area contributed by atoms with E-state index < -0.39 is 0 Å². The van der Waals surface area contributed by atoms with Crippen molar-refractivity contribution in [2.75, 3.05) is 50.8 Å². The number of hydrogen-bond acceptors (Lipinski definition) is 6. The van der Waals surface area contributed by atoms with Gasteiger partial charge >= 0.3 is 0 Å². The largest absolute Gasteiger partial charge is 0.493 e. The number of nitrogens with zero attached hydrogens (tertiary/aromatic N) is 4. The first-order valence-electron chi connectivity index (χ1n) is 10.4. The highest BCUT2D eigenvalue weighted by Crippen LogP contribution is 2.16. The van der Waals surface area contributed by atoms with E-state index in [0.717, 1.165) is 69.4 Å². The number of ether oxygens (including phenoxy) is 1. The minimum Gasteiger partial charge on any atom is -0.493 e. The van der Waals surface area contributed by atoms with Crippen molar-refractivity contribution in [1.82, 2.24) is 20.2 Å². The molecule has 156 valence electrons. The van der Waals surface area contributed by atoms with Crippen LogP contribution in [0.15, 0.2) is 42.7 Å². The fourth-order valence-corrected chi connectivity index (χ4v) is 3.38. The van der Waals surface area contributed by atoms with Gasteiger partial charge in [0.05, 0.1) is 6.61 Å². The molecule has 7 nitrogen and oxygen atoms in total. The number of anilines is 1. The average molecular weight is 398 g/mol. The zero-order valence-corrected chi connectivity index (χ0v) is 17.2. The number of carbonyl (C=O) groups is 1. The number of carbonyl (C=O) groups excluding carboxylic acids is 1. The molecule has 1 amide bonds. The summed E-state index contributed by atoms with van der Waals surface area (Å²) in [6, 6.07) is 9.78. The molecule has 0 aliphatic carbocycles.